The first-order valence-electron chi connectivity index (χ1n) is 7.82. The van der Waals surface area contributed by atoms with Crippen LogP contribution in [0.2, 0.25) is 0 Å². The summed E-state index contributed by atoms with van der Waals surface area (Å²) in [6.07, 6.45) is 0.0734. The van der Waals surface area contributed by atoms with E-state index in [9.17, 15) is 4.79 Å². The number of hydrogen-bond donors (Lipinski definition) is 2. The molecule has 5 nitrogen and oxygen atoms in total. The van der Waals surface area contributed by atoms with E-state index in [0.29, 0.717) is 18.0 Å². The van der Waals surface area contributed by atoms with Gasteiger partial charge in [0.15, 0.2) is 11.5 Å². The monoisotopic (exact) mass is 329 g/mol. The number of carboxylic acids is 1. The Morgan fingerprint density at radius 2 is 1.92 bits per heavy atom. The molecular formula is C19H23NO4. The average molecular weight is 329 g/mol. The number of carbonyl (C=O) groups is 1. The summed E-state index contributed by atoms with van der Waals surface area (Å²) in [6, 6.07) is 10.8. The predicted octanol–water partition coefficient (Wildman–Crippen LogP) is 4.10. The number of rotatable bonds is 7. The fourth-order valence-electron chi connectivity index (χ4n) is 2.32. The van der Waals surface area contributed by atoms with Crippen LogP contribution in [-0.2, 0) is 6.54 Å². The van der Waals surface area contributed by atoms with E-state index in [0.717, 1.165) is 16.8 Å². The molecule has 0 bridgehead atoms. The molecular weight excluding hydrogens is 306 g/mol. The minimum Gasteiger partial charge on any atom is -0.493 e. The fraction of sp³-hybridized carbons (Fsp3) is 0.316. The van der Waals surface area contributed by atoms with Gasteiger partial charge in [0.2, 0.25) is 0 Å². The Kier molecular flexibility index (Phi) is 5.68. The molecule has 2 rings (SSSR count). The first kappa shape index (κ1) is 17.7. The second-order valence-corrected chi connectivity index (χ2v) is 5.84. The maximum Gasteiger partial charge on any atom is 0.335 e. The molecule has 0 aliphatic rings. The van der Waals surface area contributed by atoms with Crippen molar-refractivity contribution in [1.29, 1.82) is 0 Å². The van der Waals surface area contributed by atoms with E-state index in [2.05, 4.69) is 5.32 Å². The highest BCUT2D eigenvalue weighted by Gasteiger charge is 2.09. The topological polar surface area (TPSA) is 67.8 Å². The van der Waals surface area contributed by atoms with Gasteiger partial charge >= 0.3 is 5.97 Å². The van der Waals surface area contributed by atoms with Gasteiger partial charge < -0.3 is 19.9 Å². The van der Waals surface area contributed by atoms with Gasteiger partial charge in [0.25, 0.3) is 0 Å². The molecule has 2 aromatic carbocycles. The molecule has 0 saturated heterocycles. The Balaban J connectivity index is 2.14. The van der Waals surface area contributed by atoms with Gasteiger partial charge in [-0.05, 0) is 56.2 Å². The molecule has 0 unspecified atom stereocenters. The number of carboxylic acid groups (broad SMARTS) is 1. The summed E-state index contributed by atoms with van der Waals surface area (Å²) in [5, 5.41) is 12.4. The SMILES string of the molecule is COc1cc(CNc2cc(C(=O)O)ccc2C)ccc1OC(C)C. The zero-order chi connectivity index (χ0) is 17.7. The Labute approximate surface area is 142 Å². The lowest BCUT2D eigenvalue weighted by atomic mass is 10.1. The standard InChI is InChI=1S/C19H23NO4/c1-12(2)24-17-8-6-14(9-18(17)23-4)11-20-16-10-15(19(21)22)7-5-13(16)3/h5-10,12,20H,11H2,1-4H3,(H,21,22). The lowest BCUT2D eigenvalue weighted by Crippen LogP contribution is -2.08. The number of anilines is 1. The minimum absolute atomic E-state index is 0.0734. The van der Waals surface area contributed by atoms with Gasteiger partial charge in [0.05, 0.1) is 18.8 Å². The van der Waals surface area contributed by atoms with Crippen LogP contribution in [0.5, 0.6) is 11.5 Å². The van der Waals surface area contributed by atoms with Crippen molar-refractivity contribution in [1.82, 2.24) is 0 Å². The highest BCUT2D eigenvalue weighted by atomic mass is 16.5. The lowest BCUT2D eigenvalue weighted by molar-refractivity contribution is 0.0697. The van der Waals surface area contributed by atoms with Crippen LogP contribution in [0.15, 0.2) is 36.4 Å². The Morgan fingerprint density at radius 3 is 2.54 bits per heavy atom. The molecule has 0 fully saturated rings. The third-order valence-electron chi connectivity index (χ3n) is 3.56. The molecule has 0 atom stereocenters. The first-order chi connectivity index (χ1) is 11.4. The number of aromatic carboxylic acids is 1. The van der Waals surface area contributed by atoms with Crippen molar-refractivity contribution in [3.05, 3.63) is 53.1 Å². The summed E-state index contributed by atoms with van der Waals surface area (Å²) in [7, 11) is 1.61. The van der Waals surface area contributed by atoms with Crippen LogP contribution in [0.3, 0.4) is 0 Å². The van der Waals surface area contributed by atoms with Crippen LogP contribution in [0.25, 0.3) is 0 Å². The second-order valence-electron chi connectivity index (χ2n) is 5.84. The highest BCUT2D eigenvalue weighted by Crippen LogP contribution is 2.29. The molecule has 2 N–H and O–H groups in total. The lowest BCUT2D eigenvalue weighted by Gasteiger charge is -2.15. The first-order valence-corrected chi connectivity index (χ1v) is 7.82. The highest BCUT2D eigenvalue weighted by molar-refractivity contribution is 5.89. The predicted molar refractivity (Wildman–Crippen MR) is 94.2 cm³/mol. The maximum atomic E-state index is 11.1. The number of hydrogen-bond acceptors (Lipinski definition) is 4. The van der Waals surface area contributed by atoms with Crippen molar-refractivity contribution in [2.75, 3.05) is 12.4 Å². The van der Waals surface area contributed by atoms with Gasteiger partial charge in [-0.1, -0.05) is 12.1 Å². The molecule has 0 aliphatic carbocycles. The van der Waals surface area contributed by atoms with Gasteiger partial charge in [-0.2, -0.15) is 0 Å². The molecule has 0 radical (unpaired) electrons. The van der Waals surface area contributed by atoms with Crippen molar-refractivity contribution in [3.63, 3.8) is 0 Å². The van der Waals surface area contributed by atoms with Crippen LogP contribution in [-0.4, -0.2) is 24.3 Å². The maximum absolute atomic E-state index is 11.1. The van der Waals surface area contributed by atoms with E-state index in [1.165, 1.54) is 0 Å². The van der Waals surface area contributed by atoms with Crippen LogP contribution in [0, 0.1) is 6.92 Å². The van der Waals surface area contributed by atoms with E-state index in [4.69, 9.17) is 14.6 Å². The van der Waals surface area contributed by atoms with Gasteiger partial charge in [0.1, 0.15) is 0 Å². The Hall–Kier alpha value is -2.69. The quantitative estimate of drug-likeness (QED) is 0.800. The van der Waals surface area contributed by atoms with Crippen molar-refractivity contribution < 1.29 is 19.4 Å². The van der Waals surface area contributed by atoms with Crippen LogP contribution in [0.4, 0.5) is 5.69 Å². The molecule has 0 heterocycles. The van der Waals surface area contributed by atoms with E-state index in [1.807, 2.05) is 39.0 Å². The molecule has 2 aromatic rings. The van der Waals surface area contributed by atoms with Gasteiger partial charge in [-0.3, -0.25) is 0 Å². The molecule has 0 aliphatic heterocycles. The van der Waals surface area contributed by atoms with E-state index < -0.39 is 5.97 Å². The van der Waals surface area contributed by atoms with Crippen molar-refractivity contribution in [2.24, 2.45) is 0 Å². The van der Waals surface area contributed by atoms with Crippen LogP contribution in [0.1, 0.15) is 35.3 Å². The molecule has 0 aromatic heterocycles. The molecule has 5 heteroatoms. The molecule has 0 saturated carbocycles. The molecule has 0 spiro atoms. The van der Waals surface area contributed by atoms with E-state index in [-0.39, 0.29) is 11.7 Å². The van der Waals surface area contributed by atoms with Crippen molar-refractivity contribution >= 4 is 11.7 Å². The fourth-order valence-corrected chi connectivity index (χ4v) is 2.32. The Morgan fingerprint density at radius 1 is 1.17 bits per heavy atom. The molecule has 0 amide bonds. The van der Waals surface area contributed by atoms with Crippen molar-refractivity contribution in [2.45, 2.75) is 33.4 Å². The van der Waals surface area contributed by atoms with Crippen LogP contribution < -0.4 is 14.8 Å². The summed E-state index contributed by atoms with van der Waals surface area (Å²) in [6.45, 7) is 6.43. The average Bonchev–Trinajstić information content (AvgIpc) is 2.54. The molecule has 24 heavy (non-hydrogen) atoms. The van der Waals surface area contributed by atoms with Gasteiger partial charge in [-0.15, -0.1) is 0 Å². The minimum atomic E-state index is -0.935. The normalized spacial score (nSPS) is 10.5. The smallest absolute Gasteiger partial charge is 0.335 e. The van der Waals surface area contributed by atoms with Crippen molar-refractivity contribution in [3.8, 4) is 11.5 Å². The molecule has 128 valence electrons. The number of nitrogens with one attached hydrogen (secondary N) is 1. The van der Waals surface area contributed by atoms with Crippen LogP contribution >= 0.6 is 0 Å². The third-order valence-corrected chi connectivity index (χ3v) is 3.56. The van der Waals surface area contributed by atoms with Gasteiger partial charge in [-0.25, -0.2) is 4.79 Å². The summed E-state index contributed by atoms with van der Waals surface area (Å²) in [4.78, 5) is 11.1. The summed E-state index contributed by atoms with van der Waals surface area (Å²) in [5.74, 6) is 0.453. The Bertz CT molecular complexity index is 725. The number of ether oxygens (including phenoxy) is 2. The summed E-state index contributed by atoms with van der Waals surface area (Å²) in [5.41, 5.74) is 3.08. The van der Waals surface area contributed by atoms with Gasteiger partial charge in [0, 0.05) is 12.2 Å². The number of benzene rings is 2. The number of methoxy groups -OCH3 is 1. The zero-order valence-electron chi connectivity index (χ0n) is 14.4. The summed E-state index contributed by atoms with van der Waals surface area (Å²) >= 11 is 0. The zero-order valence-corrected chi connectivity index (χ0v) is 14.4. The second kappa shape index (κ2) is 7.73. The number of aryl methyl sites for hydroxylation is 1. The third kappa shape index (κ3) is 4.41. The summed E-state index contributed by atoms with van der Waals surface area (Å²) < 4.78 is 11.1. The van der Waals surface area contributed by atoms with E-state index in [1.54, 1.807) is 25.3 Å². The largest absolute Gasteiger partial charge is 0.493 e. The van der Waals surface area contributed by atoms with E-state index >= 15 is 0 Å².